The zero-order valence-electron chi connectivity index (χ0n) is 14.0. The van der Waals surface area contributed by atoms with Gasteiger partial charge in [0.05, 0.1) is 6.04 Å². The first-order chi connectivity index (χ1) is 11.7. The van der Waals surface area contributed by atoms with Gasteiger partial charge in [-0.1, -0.05) is 23.7 Å². The Kier molecular flexibility index (Phi) is 3.71. The second-order valence-corrected chi connectivity index (χ2v) is 8.66. The van der Waals surface area contributed by atoms with Gasteiger partial charge in [0, 0.05) is 22.4 Å². The molecule has 2 N–H and O–H groups in total. The van der Waals surface area contributed by atoms with Crippen LogP contribution < -0.4 is 5.32 Å². The quantitative estimate of drug-likeness (QED) is 0.871. The summed E-state index contributed by atoms with van der Waals surface area (Å²) < 4.78 is 6.08. The van der Waals surface area contributed by atoms with E-state index in [9.17, 15) is 0 Å². The van der Waals surface area contributed by atoms with Crippen LogP contribution in [0, 0.1) is 23.7 Å². The second-order valence-electron chi connectivity index (χ2n) is 8.22. The van der Waals surface area contributed by atoms with E-state index in [1.54, 1.807) is 0 Å². The lowest BCUT2D eigenvalue weighted by molar-refractivity contribution is -0.724. The van der Waals surface area contributed by atoms with Gasteiger partial charge in [0.15, 0.2) is 5.76 Å². The Bertz CT molecular complexity index is 709. The first-order valence-corrected chi connectivity index (χ1v) is 9.80. The molecule has 4 saturated carbocycles. The fourth-order valence-corrected chi connectivity index (χ4v) is 6.08. The molecule has 0 saturated heterocycles. The fourth-order valence-electron chi connectivity index (χ4n) is 5.89. The third-order valence-corrected chi connectivity index (χ3v) is 6.90. The highest BCUT2D eigenvalue weighted by Gasteiger charge is 2.50. The molecule has 0 aliphatic heterocycles. The zero-order valence-corrected chi connectivity index (χ0v) is 14.7. The third kappa shape index (κ3) is 2.70. The topological polar surface area (TPSA) is 29.8 Å². The van der Waals surface area contributed by atoms with Crippen LogP contribution in [0.2, 0.25) is 5.02 Å². The fraction of sp³-hybridized carbons (Fsp3) is 0.524. The summed E-state index contributed by atoms with van der Waals surface area (Å²) in [7, 11) is 0. The molecular formula is C21H25ClNO+. The van der Waals surface area contributed by atoms with Crippen LogP contribution in [0.5, 0.6) is 0 Å². The van der Waals surface area contributed by atoms with E-state index in [1.165, 1.54) is 32.1 Å². The van der Waals surface area contributed by atoms with Gasteiger partial charge in [-0.3, -0.25) is 0 Å². The van der Waals surface area contributed by atoms with Gasteiger partial charge in [0.25, 0.3) is 0 Å². The first-order valence-electron chi connectivity index (χ1n) is 9.42. The molecule has 2 nitrogen and oxygen atoms in total. The summed E-state index contributed by atoms with van der Waals surface area (Å²) in [4.78, 5) is 0. The van der Waals surface area contributed by atoms with Crippen molar-refractivity contribution in [2.24, 2.45) is 23.7 Å². The number of nitrogens with two attached hydrogens (primary N) is 1. The molecule has 4 aliphatic carbocycles. The van der Waals surface area contributed by atoms with Crippen molar-refractivity contribution in [3.8, 4) is 11.3 Å². The number of furan rings is 1. The van der Waals surface area contributed by atoms with E-state index in [-0.39, 0.29) is 0 Å². The normalized spacial score (nSPS) is 34.0. The molecule has 2 aromatic rings. The highest BCUT2D eigenvalue weighted by atomic mass is 35.5. The lowest BCUT2D eigenvalue weighted by Crippen LogP contribution is -2.93. The Balaban J connectivity index is 1.26. The van der Waals surface area contributed by atoms with Crippen molar-refractivity contribution in [1.82, 2.24) is 0 Å². The summed E-state index contributed by atoms with van der Waals surface area (Å²) in [6.07, 6.45) is 7.47. The Morgan fingerprint density at radius 3 is 2.42 bits per heavy atom. The van der Waals surface area contributed by atoms with Gasteiger partial charge in [0.1, 0.15) is 12.3 Å². The van der Waals surface area contributed by atoms with Crippen molar-refractivity contribution in [1.29, 1.82) is 0 Å². The molecule has 0 spiro atoms. The van der Waals surface area contributed by atoms with Crippen molar-refractivity contribution >= 4 is 11.6 Å². The molecule has 0 atom stereocenters. The van der Waals surface area contributed by atoms with Crippen LogP contribution in [0.15, 0.2) is 40.8 Å². The Morgan fingerprint density at radius 2 is 1.71 bits per heavy atom. The molecule has 24 heavy (non-hydrogen) atoms. The SMILES string of the molecule is Clc1cccc(-c2ccc(C[NH2+]C3C4CC5CC(C4)CC3C5)o2)c1. The molecule has 4 aliphatic rings. The van der Waals surface area contributed by atoms with Gasteiger partial charge in [-0.25, -0.2) is 0 Å². The van der Waals surface area contributed by atoms with E-state index in [2.05, 4.69) is 23.5 Å². The Morgan fingerprint density at radius 1 is 0.958 bits per heavy atom. The number of hydrogen-bond acceptors (Lipinski definition) is 1. The summed E-state index contributed by atoms with van der Waals surface area (Å²) in [5, 5.41) is 3.33. The van der Waals surface area contributed by atoms with Crippen LogP contribution in [-0.2, 0) is 6.54 Å². The van der Waals surface area contributed by atoms with Crippen LogP contribution in [0.4, 0.5) is 0 Å². The van der Waals surface area contributed by atoms with E-state index >= 15 is 0 Å². The predicted molar refractivity (Wildman–Crippen MR) is 95.6 cm³/mol. The van der Waals surface area contributed by atoms with Gasteiger partial charge in [-0.2, -0.15) is 0 Å². The van der Waals surface area contributed by atoms with Gasteiger partial charge < -0.3 is 9.73 Å². The number of rotatable bonds is 4. The number of halogens is 1. The third-order valence-electron chi connectivity index (χ3n) is 6.66. The summed E-state index contributed by atoms with van der Waals surface area (Å²) in [6, 6.07) is 12.9. The van der Waals surface area contributed by atoms with Crippen molar-refractivity contribution < 1.29 is 9.73 Å². The average molecular weight is 343 g/mol. The first kappa shape index (κ1) is 15.0. The van der Waals surface area contributed by atoms with Gasteiger partial charge >= 0.3 is 0 Å². The number of hydrogen-bond donors (Lipinski definition) is 1. The standard InChI is InChI=1S/C21H24ClNO/c22-18-3-1-2-15(11-18)20-5-4-19(24-20)12-23-21-16-7-13-6-14(9-16)10-17(21)8-13/h1-5,11,13-14,16-17,21,23H,6-10,12H2/p+1. The smallest absolute Gasteiger partial charge is 0.158 e. The minimum Gasteiger partial charge on any atom is -0.455 e. The van der Waals surface area contributed by atoms with E-state index in [4.69, 9.17) is 16.0 Å². The average Bonchev–Trinajstić information content (AvgIpc) is 3.02. The van der Waals surface area contributed by atoms with Crippen molar-refractivity contribution in [2.45, 2.75) is 44.7 Å². The molecule has 0 unspecified atom stereocenters. The van der Waals surface area contributed by atoms with Crippen molar-refractivity contribution in [3.63, 3.8) is 0 Å². The molecular weight excluding hydrogens is 318 g/mol. The molecule has 1 aromatic carbocycles. The Labute approximate surface area is 148 Å². The predicted octanol–water partition coefficient (Wildman–Crippen LogP) is 4.49. The van der Waals surface area contributed by atoms with Gasteiger partial charge in [-0.05, 0) is 68.2 Å². The monoisotopic (exact) mass is 342 g/mol. The van der Waals surface area contributed by atoms with E-state index in [0.29, 0.717) is 0 Å². The molecule has 3 heteroatoms. The Hall–Kier alpha value is -1.25. The molecule has 1 aromatic heterocycles. The van der Waals surface area contributed by atoms with Crippen molar-refractivity contribution in [2.75, 3.05) is 0 Å². The van der Waals surface area contributed by atoms with E-state index < -0.39 is 0 Å². The van der Waals surface area contributed by atoms with Gasteiger partial charge in [0.2, 0.25) is 0 Å². The maximum Gasteiger partial charge on any atom is 0.158 e. The van der Waals surface area contributed by atoms with Crippen LogP contribution in [-0.4, -0.2) is 6.04 Å². The summed E-state index contributed by atoms with van der Waals surface area (Å²) >= 11 is 6.09. The molecule has 6 rings (SSSR count). The van der Waals surface area contributed by atoms with Crippen LogP contribution in [0.3, 0.4) is 0 Å². The van der Waals surface area contributed by atoms with E-state index in [0.717, 1.165) is 58.4 Å². The van der Waals surface area contributed by atoms with Crippen LogP contribution in [0.1, 0.15) is 37.9 Å². The number of benzene rings is 1. The van der Waals surface area contributed by atoms with Crippen molar-refractivity contribution in [3.05, 3.63) is 47.2 Å². The summed E-state index contributed by atoms with van der Waals surface area (Å²) in [5.41, 5.74) is 1.06. The lowest BCUT2D eigenvalue weighted by Gasteiger charge is -2.52. The molecule has 126 valence electrons. The second kappa shape index (κ2) is 5.93. The minimum absolute atomic E-state index is 0.755. The molecule has 1 heterocycles. The molecule has 0 radical (unpaired) electrons. The zero-order chi connectivity index (χ0) is 16.1. The van der Waals surface area contributed by atoms with E-state index in [1.807, 2.05) is 18.2 Å². The summed E-state index contributed by atoms with van der Waals surface area (Å²) in [5.74, 6) is 6.03. The largest absolute Gasteiger partial charge is 0.455 e. The highest BCUT2D eigenvalue weighted by Crippen LogP contribution is 2.52. The minimum atomic E-state index is 0.755. The summed E-state index contributed by atoms with van der Waals surface area (Å²) in [6.45, 7) is 0.966. The lowest BCUT2D eigenvalue weighted by atomic mass is 9.54. The maximum absolute atomic E-state index is 6.09. The highest BCUT2D eigenvalue weighted by molar-refractivity contribution is 6.30. The molecule has 4 bridgehead atoms. The van der Waals surface area contributed by atoms with Crippen LogP contribution >= 0.6 is 11.6 Å². The van der Waals surface area contributed by atoms with Gasteiger partial charge in [-0.15, -0.1) is 0 Å². The van der Waals surface area contributed by atoms with Crippen LogP contribution in [0.25, 0.3) is 11.3 Å². The molecule has 0 amide bonds. The number of quaternary nitrogens is 1. The maximum atomic E-state index is 6.09. The molecule has 4 fully saturated rings.